The maximum Gasteiger partial charge on any atom is 0.270 e. The first kappa shape index (κ1) is 12.8. The second kappa shape index (κ2) is 5.33. The van der Waals surface area contributed by atoms with Gasteiger partial charge in [0, 0.05) is 11.9 Å². The number of nitrogens with zero attached hydrogens (tertiary/aromatic N) is 1. The third-order valence-electron chi connectivity index (χ3n) is 2.46. The molecule has 0 bridgehead atoms. The molecular weight excluding hydrogens is 252 g/mol. The Morgan fingerprint density at radius 1 is 1.50 bits per heavy atom. The zero-order valence-electron chi connectivity index (χ0n) is 9.85. The van der Waals surface area contributed by atoms with E-state index in [2.05, 4.69) is 10.3 Å². The Hall–Kier alpha value is -1.65. The number of nitrogens with one attached hydrogen (secondary N) is 1. The van der Waals surface area contributed by atoms with Gasteiger partial charge in [-0.25, -0.2) is 4.98 Å². The number of rotatable bonds is 3. The second-order valence-corrected chi connectivity index (χ2v) is 4.47. The van der Waals surface area contributed by atoms with Gasteiger partial charge in [0.1, 0.15) is 5.69 Å². The number of halogens is 1. The molecule has 4 nitrogen and oxygen atoms in total. The largest absolute Gasteiger partial charge is 0.392 e. The van der Waals surface area contributed by atoms with E-state index in [4.69, 9.17) is 16.7 Å². The number of fused-ring (bicyclic) bond motifs is 1. The van der Waals surface area contributed by atoms with Crippen molar-refractivity contribution < 1.29 is 9.90 Å². The molecule has 1 aromatic heterocycles. The molecule has 1 atom stereocenters. The Bertz CT molecular complexity index is 584. The standard InChI is InChI=1S/C13H13ClN2O2/c1-8(17)7-15-13(18)12-6-10(14)9-4-2-3-5-11(9)16-12/h2-6,8,17H,7H2,1H3,(H,15,18)/t8-/m0/s1. The first-order valence-electron chi connectivity index (χ1n) is 5.59. The number of carbonyl (C=O) groups is 1. The highest BCUT2D eigenvalue weighted by Gasteiger charge is 2.11. The molecule has 1 amide bonds. The van der Waals surface area contributed by atoms with Gasteiger partial charge >= 0.3 is 0 Å². The van der Waals surface area contributed by atoms with Crippen molar-refractivity contribution in [1.29, 1.82) is 0 Å². The summed E-state index contributed by atoms with van der Waals surface area (Å²) in [6, 6.07) is 8.88. The summed E-state index contributed by atoms with van der Waals surface area (Å²) in [7, 11) is 0. The Morgan fingerprint density at radius 3 is 2.94 bits per heavy atom. The van der Waals surface area contributed by atoms with Crippen LogP contribution in [0.5, 0.6) is 0 Å². The van der Waals surface area contributed by atoms with Crippen LogP contribution in [0.3, 0.4) is 0 Å². The van der Waals surface area contributed by atoms with Crippen LogP contribution in [0.4, 0.5) is 0 Å². The summed E-state index contributed by atoms with van der Waals surface area (Å²) in [6.07, 6.45) is -0.593. The van der Waals surface area contributed by atoms with E-state index in [1.165, 1.54) is 6.07 Å². The summed E-state index contributed by atoms with van der Waals surface area (Å²) < 4.78 is 0. The average molecular weight is 265 g/mol. The molecule has 0 aliphatic heterocycles. The van der Waals surface area contributed by atoms with E-state index < -0.39 is 6.10 Å². The third kappa shape index (κ3) is 2.78. The molecule has 2 N–H and O–H groups in total. The van der Waals surface area contributed by atoms with Crippen molar-refractivity contribution in [2.75, 3.05) is 6.54 Å². The van der Waals surface area contributed by atoms with Gasteiger partial charge < -0.3 is 10.4 Å². The van der Waals surface area contributed by atoms with Crippen LogP contribution in [-0.2, 0) is 0 Å². The quantitative estimate of drug-likeness (QED) is 0.891. The number of aliphatic hydroxyl groups excluding tert-OH is 1. The lowest BCUT2D eigenvalue weighted by Gasteiger charge is -2.08. The van der Waals surface area contributed by atoms with E-state index in [0.29, 0.717) is 10.5 Å². The number of hydrogen-bond donors (Lipinski definition) is 2. The number of amides is 1. The van der Waals surface area contributed by atoms with Crippen LogP contribution >= 0.6 is 11.6 Å². The number of aliphatic hydroxyl groups is 1. The summed E-state index contributed by atoms with van der Waals surface area (Å²) in [5, 5.41) is 13.0. The molecule has 0 aliphatic rings. The molecule has 0 radical (unpaired) electrons. The fourth-order valence-corrected chi connectivity index (χ4v) is 1.84. The van der Waals surface area contributed by atoms with Crippen LogP contribution in [0.2, 0.25) is 5.02 Å². The molecule has 94 valence electrons. The van der Waals surface area contributed by atoms with Gasteiger partial charge in [0.05, 0.1) is 16.6 Å². The average Bonchev–Trinajstić information content (AvgIpc) is 2.36. The number of carbonyl (C=O) groups excluding carboxylic acids is 1. The van der Waals surface area contributed by atoms with Gasteiger partial charge in [-0.3, -0.25) is 4.79 Å². The fraction of sp³-hybridized carbons (Fsp3) is 0.231. The normalized spacial score (nSPS) is 12.4. The van der Waals surface area contributed by atoms with Gasteiger partial charge in [-0.05, 0) is 19.1 Å². The molecule has 1 aromatic carbocycles. The van der Waals surface area contributed by atoms with Crippen LogP contribution in [0.1, 0.15) is 17.4 Å². The van der Waals surface area contributed by atoms with Gasteiger partial charge in [0.15, 0.2) is 0 Å². The summed E-state index contributed by atoms with van der Waals surface area (Å²) in [5.74, 6) is -0.344. The zero-order chi connectivity index (χ0) is 13.1. The van der Waals surface area contributed by atoms with E-state index in [-0.39, 0.29) is 18.1 Å². The summed E-state index contributed by atoms with van der Waals surface area (Å²) in [5.41, 5.74) is 0.923. The van der Waals surface area contributed by atoms with Crippen molar-refractivity contribution in [3.8, 4) is 0 Å². The molecule has 5 heteroatoms. The molecular formula is C13H13ClN2O2. The number of pyridine rings is 1. The Balaban J connectivity index is 2.31. The van der Waals surface area contributed by atoms with Crippen LogP contribution in [-0.4, -0.2) is 28.6 Å². The van der Waals surface area contributed by atoms with Crippen molar-refractivity contribution in [3.05, 3.63) is 41.0 Å². The number of hydrogen-bond acceptors (Lipinski definition) is 3. The molecule has 1 heterocycles. The van der Waals surface area contributed by atoms with E-state index >= 15 is 0 Å². The summed E-state index contributed by atoms with van der Waals surface area (Å²) >= 11 is 6.10. The molecule has 0 unspecified atom stereocenters. The number of aromatic nitrogens is 1. The van der Waals surface area contributed by atoms with Crippen LogP contribution in [0.25, 0.3) is 10.9 Å². The lowest BCUT2D eigenvalue weighted by atomic mass is 10.2. The molecule has 0 spiro atoms. The molecule has 0 saturated heterocycles. The van der Waals surface area contributed by atoms with E-state index in [1.807, 2.05) is 18.2 Å². The smallest absolute Gasteiger partial charge is 0.270 e. The highest BCUT2D eigenvalue weighted by Crippen LogP contribution is 2.22. The Labute approximate surface area is 110 Å². The molecule has 2 rings (SSSR count). The predicted octanol–water partition coefficient (Wildman–Crippen LogP) is 2.00. The van der Waals surface area contributed by atoms with E-state index in [0.717, 1.165) is 5.39 Å². The summed E-state index contributed by atoms with van der Waals surface area (Å²) in [6.45, 7) is 1.78. The molecule has 18 heavy (non-hydrogen) atoms. The molecule has 0 aliphatic carbocycles. The van der Waals surface area contributed by atoms with Crippen molar-refractivity contribution in [2.45, 2.75) is 13.0 Å². The van der Waals surface area contributed by atoms with Crippen LogP contribution in [0.15, 0.2) is 30.3 Å². The van der Waals surface area contributed by atoms with Gasteiger partial charge in [0.25, 0.3) is 5.91 Å². The minimum atomic E-state index is -0.593. The zero-order valence-corrected chi connectivity index (χ0v) is 10.6. The van der Waals surface area contributed by atoms with Crippen molar-refractivity contribution in [2.24, 2.45) is 0 Å². The number of benzene rings is 1. The van der Waals surface area contributed by atoms with Gasteiger partial charge in [-0.1, -0.05) is 29.8 Å². The highest BCUT2D eigenvalue weighted by molar-refractivity contribution is 6.35. The predicted molar refractivity (Wildman–Crippen MR) is 70.8 cm³/mol. The third-order valence-corrected chi connectivity index (χ3v) is 2.77. The number of para-hydroxylation sites is 1. The van der Waals surface area contributed by atoms with Crippen molar-refractivity contribution in [1.82, 2.24) is 10.3 Å². The Kier molecular flexibility index (Phi) is 3.79. The first-order chi connectivity index (χ1) is 8.58. The maximum absolute atomic E-state index is 11.8. The maximum atomic E-state index is 11.8. The van der Waals surface area contributed by atoms with E-state index in [9.17, 15) is 4.79 Å². The topological polar surface area (TPSA) is 62.2 Å². The lowest BCUT2D eigenvalue weighted by molar-refractivity contribution is 0.0919. The minimum Gasteiger partial charge on any atom is -0.392 e. The minimum absolute atomic E-state index is 0.185. The van der Waals surface area contributed by atoms with Crippen LogP contribution in [0, 0.1) is 0 Å². The second-order valence-electron chi connectivity index (χ2n) is 4.07. The fourth-order valence-electron chi connectivity index (χ4n) is 1.58. The lowest BCUT2D eigenvalue weighted by Crippen LogP contribution is -2.31. The van der Waals surface area contributed by atoms with Crippen molar-refractivity contribution in [3.63, 3.8) is 0 Å². The summed E-state index contributed by atoms with van der Waals surface area (Å²) in [4.78, 5) is 16.0. The van der Waals surface area contributed by atoms with E-state index in [1.54, 1.807) is 13.0 Å². The van der Waals surface area contributed by atoms with Gasteiger partial charge in [0.2, 0.25) is 0 Å². The molecule has 0 fully saturated rings. The highest BCUT2D eigenvalue weighted by atomic mass is 35.5. The van der Waals surface area contributed by atoms with Crippen LogP contribution < -0.4 is 5.32 Å². The van der Waals surface area contributed by atoms with Gasteiger partial charge in [-0.15, -0.1) is 0 Å². The van der Waals surface area contributed by atoms with Crippen molar-refractivity contribution >= 4 is 28.4 Å². The SMILES string of the molecule is C[C@H](O)CNC(=O)c1cc(Cl)c2ccccc2n1. The first-order valence-corrected chi connectivity index (χ1v) is 5.97. The monoisotopic (exact) mass is 264 g/mol. The van der Waals surface area contributed by atoms with Gasteiger partial charge in [-0.2, -0.15) is 0 Å². The molecule has 2 aromatic rings. The molecule has 0 saturated carbocycles. The Morgan fingerprint density at radius 2 is 2.22 bits per heavy atom.